The van der Waals surface area contributed by atoms with Gasteiger partial charge in [-0.1, -0.05) is 0 Å². The van der Waals surface area contributed by atoms with Crippen molar-refractivity contribution in [1.82, 2.24) is 4.90 Å². The van der Waals surface area contributed by atoms with E-state index in [2.05, 4.69) is 6.92 Å². The lowest BCUT2D eigenvalue weighted by Crippen LogP contribution is -2.47. The summed E-state index contributed by atoms with van der Waals surface area (Å²) in [5, 5.41) is 20.2. The topological polar surface area (TPSA) is 79.2 Å². The lowest BCUT2D eigenvalue weighted by atomic mass is 9.74. The minimum Gasteiger partial charge on any atom is -0.461 e. The molecule has 2 N–H and O–H groups in total. The molecule has 6 nitrogen and oxygen atoms in total. The van der Waals surface area contributed by atoms with Gasteiger partial charge in [-0.05, 0) is 52.5 Å². The van der Waals surface area contributed by atoms with Crippen LogP contribution in [0.5, 0.6) is 0 Å². The van der Waals surface area contributed by atoms with E-state index in [0.29, 0.717) is 13.1 Å². The minimum absolute atomic E-state index is 0.0769. The van der Waals surface area contributed by atoms with E-state index in [-0.39, 0.29) is 48.0 Å². The van der Waals surface area contributed by atoms with Gasteiger partial charge < -0.3 is 24.6 Å². The maximum atomic E-state index is 12.6. The average molecular weight is 355 g/mol. The standard InChI is InChI=1S/C19H33NO5/c1-18(23)7-6-14-15(18)16-12(5-8-19(14,2)24-4)13(17(22)25-16)11-20(3)9-10-21/h12-16,21,23H,5-11H2,1-4H3/t12-,13?,14+,15-,16-,18+,19+/m0/s1. The highest BCUT2D eigenvalue weighted by Gasteiger charge is 2.62. The van der Waals surface area contributed by atoms with E-state index in [4.69, 9.17) is 14.6 Å². The molecule has 3 fully saturated rings. The molecule has 2 aliphatic carbocycles. The molecule has 7 atom stereocenters. The molecule has 0 aromatic carbocycles. The second-order valence-electron chi connectivity index (χ2n) is 8.74. The summed E-state index contributed by atoms with van der Waals surface area (Å²) < 4.78 is 11.8. The number of nitrogens with zero attached hydrogens (tertiary/aromatic N) is 1. The summed E-state index contributed by atoms with van der Waals surface area (Å²) in [6.45, 7) is 5.23. The van der Waals surface area contributed by atoms with E-state index in [0.717, 1.165) is 25.7 Å². The van der Waals surface area contributed by atoms with Gasteiger partial charge >= 0.3 is 5.97 Å². The summed E-state index contributed by atoms with van der Waals surface area (Å²) in [7, 11) is 3.67. The molecule has 0 radical (unpaired) electrons. The van der Waals surface area contributed by atoms with Crippen molar-refractivity contribution in [3.63, 3.8) is 0 Å². The van der Waals surface area contributed by atoms with Crippen molar-refractivity contribution in [2.75, 3.05) is 33.9 Å². The molecule has 0 bridgehead atoms. The smallest absolute Gasteiger partial charge is 0.310 e. The Morgan fingerprint density at radius 1 is 1.32 bits per heavy atom. The normalized spacial score (nSPS) is 46.7. The van der Waals surface area contributed by atoms with Crippen molar-refractivity contribution < 1.29 is 24.5 Å². The van der Waals surface area contributed by atoms with Crippen LogP contribution in [0.25, 0.3) is 0 Å². The predicted molar refractivity (Wildman–Crippen MR) is 92.9 cm³/mol. The number of aliphatic hydroxyl groups is 2. The fraction of sp³-hybridized carbons (Fsp3) is 0.947. The first-order valence-electron chi connectivity index (χ1n) is 9.51. The molecule has 25 heavy (non-hydrogen) atoms. The molecule has 0 amide bonds. The van der Waals surface area contributed by atoms with Gasteiger partial charge in [0.15, 0.2) is 0 Å². The van der Waals surface area contributed by atoms with Gasteiger partial charge in [-0.15, -0.1) is 0 Å². The van der Waals surface area contributed by atoms with Crippen LogP contribution >= 0.6 is 0 Å². The third-order valence-corrected chi connectivity index (χ3v) is 7.18. The number of hydrogen-bond acceptors (Lipinski definition) is 6. The number of carbonyl (C=O) groups excluding carboxylic acids is 1. The number of hydrogen-bond donors (Lipinski definition) is 2. The molecule has 6 heteroatoms. The Hall–Kier alpha value is -0.690. The van der Waals surface area contributed by atoms with Gasteiger partial charge in [-0.25, -0.2) is 0 Å². The van der Waals surface area contributed by atoms with Gasteiger partial charge in [-0.2, -0.15) is 0 Å². The van der Waals surface area contributed by atoms with Crippen molar-refractivity contribution in [2.24, 2.45) is 23.7 Å². The average Bonchev–Trinajstić information content (AvgIpc) is 2.98. The quantitative estimate of drug-likeness (QED) is 0.718. The Labute approximate surface area is 150 Å². The molecular weight excluding hydrogens is 322 g/mol. The molecular formula is C19H33NO5. The molecule has 2 saturated carbocycles. The Balaban J connectivity index is 1.89. The molecule has 3 rings (SSSR count). The molecule has 0 aromatic rings. The van der Waals surface area contributed by atoms with Gasteiger partial charge in [0, 0.05) is 32.0 Å². The summed E-state index contributed by atoms with van der Waals surface area (Å²) in [6, 6.07) is 0. The van der Waals surface area contributed by atoms with Gasteiger partial charge in [-0.3, -0.25) is 4.79 Å². The van der Waals surface area contributed by atoms with Crippen LogP contribution in [0.15, 0.2) is 0 Å². The van der Waals surface area contributed by atoms with Gasteiger partial charge in [0.25, 0.3) is 0 Å². The number of likely N-dealkylation sites (N-methyl/N-ethyl adjacent to an activating group) is 1. The van der Waals surface area contributed by atoms with Gasteiger partial charge in [0.1, 0.15) is 6.10 Å². The highest BCUT2D eigenvalue weighted by Crippen LogP contribution is 2.56. The first-order valence-corrected chi connectivity index (χ1v) is 9.51. The van der Waals surface area contributed by atoms with Crippen LogP contribution in [0.1, 0.15) is 39.5 Å². The number of ether oxygens (including phenoxy) is 2. The highest BCUT2D eigenvalue weighted by molar-refractivity contribution is 5.75. The van der Waals surface area contributed by atoms with E-state index in [1.165, 1.54) is 0 Å². The SMILES string of the molecule is CO[C@]1(C)CC[C@H]2C(CN(C)CCO)C(=O)O[C@@H]2[C@@H]2[C@H]1CC[C@@]2(C)O. The second kappa shape index (κ2) is 6.80. The number of carbonyl (C=O) groups is 1. The van der Waals surface area contributed by atoms with Crippen LogP contribution in [0, 0.1) is 23.7 Å². The van der Waals surface area contributed by atoms with Crippen LogP contribution < -0.4 is 0 Å². The molecule has 144 valence electrons. The largest absolute Gasteiger partial charge is 0.461 e. The third kappa shape index (κ3) is 3.22. The zero-order valence-corrected chi connectivity index (χ0v) is 15.9. The van der Waals surface area contributed by atoms with Crippen molar-refractivity contribution in [3.8, 4) is 0 Å². The van der Waals surface area contributed by atoms with Gasteiger partial charge in [0.05, 0.1) is 23.7 Å². The minimum atomic E-state index is -0.829. The van der Waals surface area contributed by atoms with Crippen LogP contribution in [-0.4, -0.2) is 72.2 Å². The van der Waals surface area contributed by atoms with Gasteiger partial charge in [0.2, 0.25) is 0 Å². The van der Waals surface area contributed by atoms with Crippen LogP contribution in [0.2, 0.25) is 0 Å². The Kier molecular flexibility index (Phi) is 5.19. The van der Waals surface area contributed by atoms with E-state index in [1.54, 1.807) is 7.11 Å². The molecule has 1 aliphatic heterocycles. The van der Waals surface area contributed by atoms with Crippen molar-refractivity contribution in [1.29, 1.82) is 0 Å². The Morgan fingerprint density at radius 2 is 2.04 bits per heavy atom. The van der Waals surface area contributed by atoms with Crippen molar-refractivity contribution >= 4 is 5.97 Å². The number of aliphatic hydroxyl groups excluding tert-OH is 1. The molecule has 0 aromatic heterocycles. The first-order chi connectivity index (χ1) is 11.7. The fourth-order valence-electron chi connectivity index (χ4n) is 5.61. The van der Waals surface area contributed by atoms with E-state index < -0.39 is 5.60 Å². The van der Waals surface area contributed by atoms with Crippen molar-refractivity contribution in [3.05, 3.63) is 0 Å². The summed E-state index contributed by atoms with van der Waals surface area (Å²) in [4.78, 5) is 14.6. The van der Waals surface area contributed by atoms with E-state index in [9.17, 15) is 9.90 Å². The fourth-order valence-corrected chi connectivity index (χ4v) is 5.61. The lowest BCUT2D eigenvalue weighted by Gasteiger charge is -2.40. The molecule has 1 saturated heterocycles. The molecule has 1 unspecified atom stereocenters. The third-order valence-electron chi connectivity index (χ3n) is 7.18. The lowest BCUT2D eigenvalue weighted by molar-refractivity contribution is -0.154. The molecule has 3 aliphatic rings. The maximum absolute atomic E-state index is 12.6. The van der Waals surface area contributed by atoms with E-state index in [1.807, 2.05) is 18.9 Å². The maximum Gasteiger partial charge on any atom is 0.310 e. The number of rotatable bonds is 5. The summed E-state index contributed by atoms with van der Waals surface area (Å²) in [5.74, 6) is -0.131. The van der Waals surface area contributed by atoms with Crippen LogP contribution in [0.4, 0.5) is 0 Å². The second-order valence-corrected chi connectivity index (χ2v) is 8.74. The zero-order valence-electron chi connectivity index (χ0n) is 15.9. The van der Waals surface area contributed by atoms with Crippen LogP contribution in [-0.2, 0) is 14.3 Å². The monoisotopic (exact) mass is 355 g/mol. The number of fused-ring (bicyclic) bond motifs is 3. The van der Waals surface area contributed by atoms with E-state index >= 15 is 0 Å². The first kappa shape index (κ1) is 19.1. The van der Waals surface area contributed by atoms with Crippen LogP contribution in [0.3, 0.4) is 0 Å². The Morgan fingerprint density at radius 3 is 2.68 bits per heavy atom. The zero-order chi connectivity index (χ0) is 18.4. The molecule has 1 heterocycles. The van der Waals surface area contributed by atoms with Crippen molar-refractivity contribution in [2.45, 2.75) is 56.8 Å². The Bertz CT molecular complexity index is 510. The summed E-state index contributed by atoms with van der Waals surface area (Å²) in [5.41, 5.74) is -1.12. The number of esters is 1. The summed E-state index contributed by atoms with van der Waals surface area (Å²) in [6.07, 6.45) is 3.12. The predicted octanol–water partition coefficient (Wildman–Crippen LogP) is 1.04. The molecule has 0 spiro atoms. The summed E-state index contributed by atoms with van der Waals surface area (Å²) >= 11 is 0. The number of methoxy groups -OCH3 is 1. The highest BCUT2D eigenvalue weighted by atomic mass is 16.6.